The normalized spacial score (nSPS) is 17.3. The van der Waals surface area contributed by atoms with Gasteiger partial charge >= 0.3 is 6.36 Å². The molecule has 1 nitrogen and oxygen atoms in total. The lowest BCUT2D eigenvalue weighted by Gasteiger charge is -2.26. The SMILES string of the molecule is CCc1ccc(C2CCc3c(cc(F)c(OC(F)(F)F)c3F)C2)cc1. The van der Waals surface area contributed by atoms with Gasteiger partial charge in [-0.1, -0.05) is 31.2 Å². The summed E-state index contributed by atoms with van der Waals surface area (Å²) < 4.78 is 68.7. The van der Waals surface area contributed by atoms with Gasteiger partial charge in [0.15, 0.2) is 11.6 Å². The highest BCUT2D eigenvalue weighted by molar-refractivity contribution is 5.42. The molecule has 6 heteroatoms. The monoisotopic (exact) mass is 356 g/mol. The predicted molar refractivity (Wildman–Crippen MR) is 83.6 cm³/mol. The minimum atomic E-state index is -5.13. The van der Waals surface area contributed by atoms with Gasteiger partial charge in [-0.15, -0.1) is 13.2 Å². The van der Waals surface area contributed by atoms with Gasteiger partial charge in [-0.05, 0) is 59.9 Å². The first-order valence-corrected chi connectivity index (χ1v) is 8.12. The van der Waals surface area contributed by atoms with Crippen LogP contribution in [-0.2, 0) is 19.3 Å². The van der Waals surface area contributed by atoms with Crippen LogP contribution in [0.5, 0.6) is 5.75 Å². The second-order valence-corrected chi connectivity index (χ2v) is 6.22. The summed E-state index contributed by atoms with van der Waals surface area (Å²) in [7, 11) is 0. The summed E-state index contributed by atoms with van der Waals surface area (Å²) >= 11 is 0. The lowest BCUT2D eigenvalue weighted by molar-refractivity contribution is -0.276. The Morgan fingerprint density at radius 1 is 1.12 bits per heavy atom. The summed E-state index contributed by atoms with van der Waals surface area (Å²) in [5.74, 6) is -3.84. The van der Waals surface area contributed by atoms with Crippen LogP contribution < -0.4 is 4.74 Å². The predicted octanol–water partition coefficient (Wildman–Crippen LogP) is 5.70. The van der Waals surface area contributed by atoms with E-state index in [1.165, 1.54) is 5.56 Å². The van der Waals surface area contributed by atoms with Gasteiger partial charge in [-0.25, -0.2) is 8.78 Å². The zero-order valence-electron chi connectivity index (χ0n) is 13.6. The molecule has 0 spiro atoms. The topological polar surface area (TPSA) is 9.23 Å². The van der Waals surface area contributed by atoms with Crippen molar-refractivity contribution >= 4 is 0 Å². The van der Waals surface area contributed by atoms with Crippen LogP contribution in [0.25, 0.3) is 0 Å². The first-order valence-electron chi connectivity index (χ1n) is 8.12. The van der Waals surface area contributed by atoms with E-state index in [-0.39, 0.29) is 17.9 Å². The number of hydrogen-bond donors (Lipinski definition) is 0. The molecule has 2 aromatic carbocycles. The maximum Gasteiger partial charge on any atom is 0.573 e. The highest BCUT2D eigenvalue weighted by atomic mass is 19.4. The third-order valence-corrected chi connectivity index (χ3v) is 4.66. The Hall–Kier alpha value is -2.11. The van der Waals surface area contributed by atoms with E-state index in [2.05, 4.69) is 11.7 Å². The van der Waals surface area contributed by atoms with Crippen molar-refractivity contribution in [3.8, 4) is 5.75 Å². The first kappa shape index (κ1) is 17.7. The van der Waals surface area contributed by atoms with Gasteiger partial charge in [0, 0.05) is 0 Å². The lowest BCUT2D eigenvalue weighted by atomic mass is 9.79. The summed E-state index contributed by atoms with van der Waals surface area (Å²) in [6, 6.07) is 9.01. The summed E-state index contributed by atoms with van der Waals surface area (Å²) in [5.41, 5.74) is 2.78. The highest BCUT2D eigenvalue weighted by Gasteiger charge is 2.36. The molecule has 1 aliphatic carbocycles. The van der Waals surface area contributed by atoms with Crippen LogP contribution in [-0.4, -0.2) is 6.36 Å². The summed E-state index contributed by atoms with van der Waals surface area (Å²) in [5, 5.41) is 0. The number of rotatable bonds is 3. The van der Waals surface area contributed by atoms with E-state index in [4.69, 9.17) is 0 Å². The smallest absolute Gasteiger partial charge is 0.399 e. The standard InChI is InChI=1S/C19H17F5O/c1-2-11-3-5-12(6-4-11)13-7-8-15-14(9-13)10-16(20)18(17(15)21)25-19(22,23)24/h3-6,10,13H,2,7-9H2,1H3. The maximum atomic E-state index is 14.3. The van der Waals surface area contributed by atoms with Crippen LogP contribution in [0.15, 0.2) is 30.3 Å². The second-order valence-electron chi connectivity index (χ2n) is 6.22. The molecule has 0 amide bonds. The van der Waals surface area contributed by atoms with Crippen LogP contribution in [0.4, 0.5) is 22.0 Å². The van der Waals surface area contributed by atoms with Crippen molar-refractivity contribution < 1.29 is 26.7 Å². The number of halogens is 5. The Balaban J connectivity index is 1.88. The number of alkyl halides is 3. The molecule has 0 radical (unpaired) electrons. The summed E-state index contributed by atoms with van der Waals surface area (Å²) in [6.07, 6.45) is -2.98. The third-order valence-electron chi connectivity index (χ3n) is 4.66. The van der Waals surface area contributed by atoms with Crippen molar-refractivity contribution in [3.63, 3.8) is 0 Å². The lowest BCUT2D eigenvalue weighted by Crippen LogP contribution is -2.21. The van der Waals surface area contributed by atoms with Crippen molar-refractivity contribution in [1.29, 1.82) is 0 Å². The maximum absolute atomic E-state index is 14.3. The average Bonchev–Trinajstić information content (AvgIpc) is 2.57. The third kappa shape index (κ3) is 3.78. The molecule has 0 aromatic heterocycles. The van der Waals surface area contributed by atoms with Crippen LogP contribution in [0.2, 0.25) is 0 Å². The molecule has 0 heterocycles. The molecule has 25 heavy (non-hydrogen) atoms. The van der Waals surface area contributed by atoms with E-state index in [1.54, 1.807) is 0 Å². The van der Waals surface area contributed by atoms with Gasteiger partial charge in [0.1, 0.15) is 0 Å². The quantitative estimate of drug-likeness (QED) is 0.641. The number of ether oxygens (including phenoxy) is 1. The number of benzene rings is 2. The molecule has 2 aromatic rings. The second kappa shape index (κ2) is 6.65. The van der Waals surface area contributed by atoms with Gasteiger partial charge in [0.05, 0.1) is 0 Å². The van der Waals surface area contributed by atoms with E-state index in [0.717, 1.165) is 18.1 Å². The molecule has 0 N–H and O–H groups in total. The molecule has 3 rings (SSSR count). The van der Waals surface area contributed by atoms with E-state index in [0.29, 0.717) is 18.4 Å². The molecular formula is C19H17F5O. The van der Waals surface area contributed by atoms with E-state index < -0.39 is 23.7 Å². The van der Waals surface area contributed by atoms with Gasteiger partial charge in [0.2, 0.25) is 5.75 Å². The van der Waals surface area contributed by atoms with Crippen molar-refractivity contribution in [2.75, 3.05) is 0 Å². The number of fused-ring (bicyclic) bond motifs is 1. The molecule has 0 saturated heterocycles. The van der Waals surface area contributed by atoms with Crippen LogP contribution in [0.3, 0.4) is 0 Å². The van der Waals surface area contributed by atoms with Crippen molar-refractivity contribution in [2.45, 2.75) is 44.9 Å². The molecule has 134 valence electrons. The van der Waals surface area contributed by atoms with E-state index in [1.807, 2.05) is 24.3 Å². The largest absolute Gasteiger partial charge is 0.573 e. The minimum Gasteiger partial charge on any atom is -0.399 e. The van der Waals surface area contributed by atoms with Gasteiger partial charge in [-0.3, -0.25) is 0 Å². The van der Waals surface area contributed by atoms with Crippen LogP contribution in [0.1, 0.15) is 41.5 Å². The molecule has 0 aliphatic heterocycles. The molecule has 0 bridgehead atoms. The van der Waals surface area contributed by atoms with Gasteiger partial charge in [-0.2, -0.15) is 0 Å². The molecule has 0 saturated carbocycles. The fourth-order valence-corrected chi connectivity index (χ4v) is 3.35. The Morgan fingerprint density at radius 2 is 1.80 bits per heavy atom. The Bertz CT molecular complexity index is 765. The van der Waals surface area contributed by atoms with Gasteiger partial charge < -0.3 is 4.74 Å². The molecule has 1 unspecified atom stereocenters. The first-order chi connectivity index (χ1) is 11.8. The highest BCUT2D eigenvalue weighted by Crippen LogP contribution is 2.39. The van der Waals surface area contributed by atoms with Crippen molar-refractivity contribution in [2.24, 2.45) is 0 Å². The Morgan fingerprint density at radius 3 is 2.40 bits per heavy atom. The zero-order valence-corrected chi connectivity index (χ0v) is 13.6. The Labute approximate surface area is 142 Å². The van der Waals surface area contributed by atoms with Crippen LogP contribution in [0, 0.1) is 11.6 Å². The summed E-state index contributed by atoms with van der Waals surface area (Å²) in [4.78, 5) is 0. The van der Waals surface area contributed by atoms with Gasteiger partial charge in [0.25, 0.3) is 0 Å². The van der Waals surface area contributed by atoms with E-state index in [9.17, 15) is 22.0 Å². The summed E-state index contributed by atoms with van der Waals surface area (Å²) in [6.45, 7) is 2.05. The minimum absolute atomic E-state index is 0.0894. The number of hydrogen-bond acceptors (Lipinski definition) is 1. The number of aryl methyl sites for hydroxylation is 1. The molecule has 0 fully saturated rings. The fraction of sp³-hybridized carbons (Fsp3) is 0.368. The average molecular weight is 356 g/mol. The fourth-order valence-electron chi connectivity index (χ4n) is 3.35. The molecular weight excluding hydrogens is 339 g/mol. The van der Waals surface area contributed by atoms with E-state index >= 15 is 0 Å². The van der Waals surface area contributed by atoms with Crippen LogP contribution >= 0.6 is 0 Å². The van der Waals surface area contributed by atoms with Crippen molar-refractivity contribution in [1.82, 2.24) is 0 Å². The van der Waals surface area contributed by atoms with Crippen molar-refractivity contribution in [3.05, 3.63) is 64.2 Å². The Kier molecular flexibility index (Phi) is 4.71. The zero-order chi connectivity index (χ0) is 18.2. The molecule has 1 atom stereocenters. The molecule has 1 aliphatic rings.